The second kappa shape index (κ2) is 9.70. The standard InChI is InChI=1S/C19H30N4O2.2ClH/c1-24-12-17-21-16(14-9-15(20)10-14)11-18(22-17)23-6-2-3-19(13-23)4-7-25-8-5-19;;/h11,14-15H,2-10,12-13,20H2,1H3;2*1H. The van der Waals surface area contributed by atoms with Gasteiger partial charge in [-0.3, -0.25) is 0 Å². The van der Waals surface area contributed by atoms with Crippen molar-refractivity contribution in [3.05, 3.63) is 17.6 Å². The third-order valence-electron chi connectivity index (χ3n) is 6.18. The number of piperidine rings is 1. The molecule has 0 radical (unpaired) electrons. The second-order valence-corrected chi connectivity index (χ2v) is 8.07. The molecule has 1 spiro atoms. The molecule has 8 heteroatoms. The predicted octanol–water partition coefficient (Wildman–Crippen LogP) is 3.07. The Labute approximate surface area is 174 Å². The molecular weight excluding hydrogens is 387 g/mol. The maximum absolute atomic E-state index is 5.99. The van der Waals surface area contributed by atoms with Crippen molar-refractivity contribution in [2.45, 2.75) is 57.1 Å². The summed E-state index contributed by atoms with van der Waals surface area (Å²) < 4.78 is 10.9. The van der Waals surface area contributed by atoms with Gasteiger partial charge >= 0.3 is 0 Å². The van der Waals surface area contributed by atoms with E-state index in [9.17, 15) is 0 Å². The summed E-state index contributed by atoms with van der Waals surface area (Å²) in [6.45, 7) is 4.43. The van der Waals surface area contributed by atoms with E-state index in [1.165, 1.54) is 25.7 Å². The van der Waals surface area contributed by atoms with Crippen LogP contribution in [0.15, 0.2) is 6.07 Å². The zero-order chi connectivity index (χ0) is 17.3. The first-order valence-corrected chi connectivity index (χ1v) is 9.62. The first-order valence-electron chi connectivity index (χ1n) is 9.62. The van der Waals surface area contributed by atoms with Crippen LogP contribution in [0, 0.1) is 5.41 Å². The number of halogens is 2. The number of aromatic nitrogens is 2. The van der Waals surface area contributed by atoms with Crippen LogP contribution in [0.25, 0.3) is 0 Å². The number of nitrogens with zero attached hydrogens (tertiary/aromatic N) is 3. The van der Waals surface area contributed by atoms with Crippen LogP contribution in [0.4, 0.5) is 5.82 Å². The third-order valence-corrected chi connectivity index (χ3v) is 6.18. The minimum absolute atomic E-state index is 0. The van der Waals surface area contributed by atoms with Gasteiger partial charge in [0.1, 0.15) is 12.4 Å². The van der Waals surface area contributed by atoms with E-state index in [0.717, 1.165) is 56.5 Å². The molecule has 6 nitrogen and oxygen atoms in total. The van der Waals surface area contributed by atoms with Gasteiger partial charge in [0.15, 0.2) is 5.82 Å². The van der Waals surface area contributed by atoms with Crippen molar-refractivity contribution in [1.82, 2.24) is 9.97 Å². The first-order chi connectivity index (χ1) is 12.2. The molecule has 1 aliphatic carbocycles. The molecule has 2 N–H and O–H groups in total. The van der Waals surface area contributed by atoms with E-state index in [1.807, 2.05) is 0 Å². The van der Waals surface area contributed by atoms with E-state index in [1.54, 1.807) is 7.11 Å². The summed E-state index contributed by atoms with van der Waals surface area (Å²) in [6, 6.07) is 2.53. The van der Waals surface area contributed by atoms with Crippen LogP contribution in [0.2, 0.25) is 0 Å². The van der Waals surface area contributed by atoms with Gasteiger partial charge in [-0.25, -0.2) is 9.97 Å². The highest BCUT2D eigenvalue weighted by Crippen LogP contribution is 2.41. The van der Waals surface area contributed by atoms with Crippen LogP contribution in [-0.4, -0.2) is 49.4 Å². The van der Waals surface area contributed by atoms with Gasteiger partial charge in [-0.15, -0.1) is 24.8 Å². The van der Waals surface area contributed by atoms with Crippen molar-refractivity contribution < 1.29 is 9.47 Å². The van der Waals surface area contributed by atoms with Crippen molar-refractivity contribution in [3.8, 4) is 0 Å². The SMILES string of the molecule is COCc1nc(C2CC(N)C2)cc(N2CCCC3(CCOCC3)C2)n1.Cl.Cl. The van der Waals surface area contributed by atoms with Crippen molar-refractivity contribution in [2.24, 2.45) is 11.1 Å². The van der Waals surface area contributed by atoms with Crippen LogP contribution in [0.1, 0.15) is 56.0 Å². The predicted molar refractivity (Wildman–Crippen MR) is 111 cm³/mol. The van der Waals surface area contributed by atoms with Gasteiger partial charge in [0, 0.05) is 57.1 Å². The minimum Gasteiger partial charge on any atom is -0.381 e. The number of hydrogen-bond donors (Lipinski definition) is 1. The molecule has 0 bridgehead atoms. The number of rotatable bonds is 4. The fraction of sp³-hybridized carbons (Fsp3) is 0.789. The highest BCUT2D eigenvalue weighted by atomic mass is 35.5. The Morgan fingerprint density at radius 1 is 1.22 bits per heavy atom. The molecule has 0 atom stereocenters. The molecule has 2 saturated heterocycles. The lowest BCUT2D eigenvalue weighted by Gasteiger charge is -2.45. The lowest BCUT2D eigenvalue weighted by atomic mass is 9.74. The second-order valence-electron chi connectivity index (χ2n) is 8.07. The van der Waals surface area contributed by atoms with Gasteiger partial charge < -0.3 is 20.1 Å². The molecule has 3 aliphatic rings. The van der Waals surface area contributed by atoms with Crippen LogP contribution in [0.3, 0.4) is 0 Å². The van der Waals surface area contributed by atoms with Crippen molar-refractivity contribution in [1.29, 1.82) is 0 Å². The lowest BCUT2D eigenvalue weighted by molar-refractivity contribution is 0.00744. The number of anilines is 1. The maximum Gasteiger partial charge on any atom is 0.156 e. The number of methoxy groups -OCH3 is 1. The Hall–Kier alpha value is -0.660. The summed E-state index contributed by atoms with van der Waals surface area (Å²) in [5, 5.41) is 0. The average molecular weight is 419 g/mol. The summed E-state index contributed by atoms with van der Waals surface area (Å²) in [4.78, 5) is 12.0. The monoisotopic (exact) mass is 418 g/mol. The summed E-state index contributed by atoms with van der Waals surface area (Å²) in [5.41, 5.74) is 7.54. The number of hydrogen-bond acceptors (Lipinski definition) is 6. The summed E-state index contributed by atoms with van der Waals surface area (Å²) in [6.07, 6.45) is 6.95. The van der Waals surface area contributed by atoms with E-state index < -0.39 is 0 Å². The normalized spacial score (nSPS) is 26.7. The van der Waals surface area contributed by atoms with Gasteiger partial charge in [-0.2, -0.15) is 0 Å². The fourth-order valence-corrected chi connectivity index (χ4v) is 4.59. The third kappa shape index (κ3) is 5.04. The van der Waals surface area contributed by atoms with Crippen LogP contribution in [0.5, 0.6) is 0 Å². The highest BCUT2D eigenvalue weighted by molar-refractivity contribution is 5.85. The van der Waals surface area contributed by atoms with Crippen molar-refractivity contribution in [2.75, 3.05) is 38.3 Å². The zero-order valence-corrected chi connectivity index (χ0v) is 17.7. The molecule has 1 aromatic heterocycles. The molecule has 1 aromatic rings. The van der Waals surface area contributed by atoms with Gasteiger partial charge in [0.05, 0.1) is 0 Å². The fourth-order valence-electron chi connectivity index (χ4n) is 4.59. The van der Waals surface area contributed by atoms with Crippen LogP contribution >= 0.6 is 24.8 Å². The van der Waals surface area contributed by atoms with E-state index in [-0.39, 0.29) is 24.8 Å². The largest absolute Gasteiger partial charge is 0.381 e. The van der Waals surface area contributed by atoms with Crippen molar-refractivity contribution >= 4 is 30.6 Å². The van der Waals surface area contributed by atoms with E-state index in [4.69, 9.17) is 25.2 Å². The lowest BCUT2D eigenvalue weighted by Crippen LogP contribution is -2.46. The van der Waals surface area contributed by atoms with Gasteiger partial charge in [-0.05, 0) is 43.9 Å². The summed E-state index contributed by atoms with van der Waals surface area (Å²) >= 11 is 0. The molecule has 154 valence electrons. The number of nitrogens with two attached hydrogens (primary N) is 1. The molecule has 3 fully saturated rings. The molecule has 0 amide bonds. The summed E-state index contributed by atoms with van der Waals surface area (Å²) in [7, 11) is 1.70. The van der Waals surface area contributed by atoms with Crippen LogP contribution in [-0.2, 0) is 16.1 Å². The van der Waals surface area contributed by atoms with Gasteiger partial charge in [0.2, 0.25) is 0 Å². The van der Waals surface area contributed by atoms with Gasteiger partial charge in [0.25, 0.3) is 0 Å². The highest BCUT2D eigenvalue weighted by Gasteiger charge is 2.38. The molecule has 27 heavy (non-hydrogen) atoms. The van der Waals surface area contributed by atoms with E-state index in [2.05, 4.69) is 11.0 Å². The Morgan fingerprint density at radius 3 is 2.63 bits per heavy atom. The number of ether oxygens (including phenoxy) is 2. The molecule has 4 rings (SSSR count). The summed E-state index contributed by atoms with van der Waals surface area (Å²) in [5.74, 6) is 2.35. The van der Waals surface area contributed by atoms with Crippen molar-refractivity contribution in [3.63, 3.8) is 0 Å². The quantitative estimate of drug-likeness (QED) is 0.809. The topological polar surface area (TPSA) is 73.5 Å². The molecule has 0 aromatic carbocycles. The molecule has 0 unspecified atom stereocenters. The first kappa shape index (κ1) is 22.6. The minimum atomic E-state index is 0. The Morgan fingerprint density at radius 2 is 1.96 bits per heavy atom. The molecule has 3 heterocycles. The van der Waals surface area contributed by atoms with E-state index in [0.29, 0.717) is 24.0 Å². The molecule has 1 saturated carbocycles. The molecular formula is C19H32Cl2N4O2. The Kier molecular flexibility index (Phi) is 8.13. The van der Waals surface area contributed by atoms with Gasteiger partial charge in [-0.1, -0.05) is 0 Å². The smallest absolute Gasteiger partial charge is 0.156 e. The Bertz CT molecular complexity index is 602. The van der Waals surface area contributed by atoms with E-state index >= 15 is 0 Å². The Balaban J connectivity index is 0.00000131. The molecule has 2 aliphatic heterocycles. The zero-order valence-electron chi connectivity index (χ0n) is 16.1. The van der Waals surface area contributed by atoms with Crippen LogP contribution < -0.4 is 10.6 Å². The maximum atomic E-state index is 5.99. The average Bonchev–Trinajstić information content (AvgIpc) is 2.60.